The van der Waals surface area contributed by atoms with E-state index >= 15 is 0 Å². The molecule has 0 bridgehead atoms. The van der Waals surface area contributed by atoms with Crippen molar-refractivity contribution in [3.8, 4) is 0 Å². The van der Waals surface area contributed by atoms with Crippen LogP contribution in [0.2, 0.25) is 0 Å². The van der Waals surface area contributed by atoms with Gasteiger partial charge in [-0.15, -0.1) is 0 Å². The molecule has 0 amide bonds. The minimum atomic E-state index is -0.634. The van der Waals surface area contributed by atoms with Crippen LogP contribution in [0.3, 0.4) is 0 Å². The molecule has 0 saturated carbocycles. The van der Waals surface area contributed by atoms with Crippen LogP contribution in [-0.4, -0.2) is 28.3 Å². The molecule has 0 saturated heterocycles. The molecule has 0 spiro atoms. The van der Waals surface area contributed by atoms with Gasteiger partial charge in [0, 0.05) is 6.21 Å². The van der Waals surface area contributed by atoms with E-state index in [1.165, 1.54) is 0 Å². The Morgan fingerprint density at radius 2 is 2.62 bits per heavy atom. The fourth-order valence-corrected chi connectivity index (χ4v) is 1.43. The molecular formula is C5H9NOS. The van der Waals surface area contributed by atoms with E-state index in [-0.39, 0.29) is 5.25 Å². The van der Waals surface area contributed by atoms with Gasteiger partial charge in [0.05, 0.1) is 6.54 Å². The zero-order valence-electron chi connectivity index (χ0n) is 4.83. The quantitative estimate of drug-likeness (QED) is 0.433. The molecular weight excluding hydrogens is 122 g/mol. The third-order valence-corrected chi connectivity index (χ3v) is 2.70. The van der Waals surface area contributed by atoms with Crippen molar-refractivity contribution in [2.45, 2.75) is 12.2 Å². The van der Waals surface area contributed by atoms with Crippen LogP contribution in [0.25, 0.3) is 0 Å². The van der Waals surface area contributed by atoms with Crippen LogP contribution in [0.4, 0.5) is 0 Å². The van der Waals surface area contributed by atoms with Crippen LogP contribution in [-0.2, 0) is 11.2 Å². The lowest BCUT2D eigenvalue weighted by Gasteiger charge is -2.17. The van der Waals surface area contributed by atoms with Crippen molar-refractivity contribution in [2.75, 3.05) is 12.3 Å². The first-order valence-corrected chi connectivity index (χ1v) is 4.04. The van der Waals surface area contributed by atoms with Crippen molar-refractivity contribution in [3.05, 3.63) is 0 Å². The van der Waals surface area contributed by atoms with E-state index in [9.17, 15) is 4.55 Å². The van der Waals surface area contributed by atoms with Crippen LogP contribution in [0, 0.1) is 0 Å². The van der Waals surface area contributed by atoms with E-state index in [4.69, 9.17) is 0 Å². The van der Waals surface area contributed by atoms with Crippen LogP contribution in [0.15, 0.2) is 4.99 Å². The second kappa shape index (κ2) is 2.51. The van der Waals surface area contributed by atoms with Crippen LogP contribution < -0.4 is 0 Å². The predicted octanol–water partition coefficient (Wildman–Crippen LogP) is 0.208. The highest BCUT2D eigenvalue weighted by Crippen LogP contribution is 2.04. The van der Waals surface area contributed by atoms with Gasteiger partial charge in [0.25, 0.3) is 0 Å². The average molecular weight is 131 g/mol. The van der Waals surface area contributed by atoms with Crippen molar-refractivity contribution < 1.29 is 4.55 Å². The molecule has 1 aliphatic rings. The molecule has 1 aliphatic heterocycles. The fraction of sp³-hybridized carbons (Fsp3) is 0.800. The van der Waals surface area contributed by atoms with Gasteiger partial charge in [-0.05, 0) is 18.1 Å². The zero-order valence-corrected chi connectivity index (χ0v) is 5.65. The number of aliphatic imine (C=N–C) groups is 1. The minimum Gasteiger partial charge on any atom is -0.616 e. The third kappa shape index (κ3) is 1.23. The second-order valence-electron chi connectivity index (χ2n) is 1.91. The Hall–Kier alpha value is -0.0200. The smallest absolute Gasteiger partial charge is 0.140 e. The molecule has 3 heteroatoms. The van der Waals surface area contributed by atoms with E-state index in [1.54, 1.807) is 6.21 Å². The third-order valence-electron chi connectivity index (χ3n) is 1.18. The Morgan fingerprint density at radius 1 is 1.88 bits per heavy atom. The standard InChI is InChI=1S/C5H9NOS/c1-5-4-6-2-3-8(5)7/h2,5H,3-4H2,1H3. The molecule has 0 aliphatic carbocycles. The van der Waals surface area contributed by atoms with Gasteiger partial charge >= 0.3 is 0 Å². The fourth-order valence-electron chi connectivity index (χ4n) is 0.597. The molecule has 1 heterocycles. The lowest BCUT2D eigenvalue weighted by molar-refractivity contribution is 0.585. The molecule has 2 atom stereocenters. The summed E-state index contributed by atoms with van der Waals surface area (Å²) in [6.45, 7) is 2.71. The summed E-state index contributed by atoms with van der Waals surface area (Å²) in [5.41, 5.74) is 0. The lowest BCUT2D eigenvalue weighted by Crippen LogP contribution is -2.28. The summed E-state index contributed by atoms with van der Waals surface area (Å²) in [5.74, 6) is 0.654. The minimum absolute atomic E-state index is 0.278. The second-order valence-corrected chi connectivity index (χ2v) is 3.81. The number of rotatable bonds is 0. The summed E-state index contributed by atoms with van der Waals surface area (Å²) < 4.78 is 10.8. The van der Waals surface area contributed by atoms with Gasteiger partial charge in [-0.3, -0.25) is 4.99 Å². The van der Waals surface area contributed by atoms with Crippen molar-refractivity contribution in [1.29, 1.82) is 0 Å². The summed E-state index contributed by atoms with van der Waals surface area (Å²) in [7, 11) is 0. The molecule has 2 unspecified atom stereocenters. The Balaban J connectivity index is 2.44. The maximum absolute atomic E-state index is 10.8. The van der Waals surface area contributed by atoms with Crippen LogP contribution in [0.5, 0.6) is 0 Å². The largest absolute Gasteiger partial charge is 0.616 e. The van der Waals surface area contributed by atoms with Gasteiger partial charge < -0.3 is 4.55 Å². The first-order chi connectivity index (χ1) is 3.80. The van der Waals surface area contributed by atoms with Gasteiger partial charge in [-0.2, -0.15) is 0 Å². The van der Waals surface area contributed by atoms with E-state index in [1.807, 2.05) is 6.92 Å². The Morgan fingerprint density at radius 3 is 3.00 bits per heavy atom. The van der Waals surface area contributed by atoms with Gasteiger partial charge in [-0.25, -0.2) is 0 Å². The first-order valence-electron chi connectivity index (χ1n) is 2.66. The Labute approximate surface area is 52.2 Å². The highest BCUT2D eigenvalue weighted by Gasteiger charge is 2.17. The topological polar surface area (TPSA) is 35.4 Å². The highest BCUT2D eigenvalue weighted by atomic mass is 32.2. The van der Waals surface area contributed by atoms with Crippen LogP contribution >= 0.6 is 0 Å². The van der Waals surface area contributed by atoms with E-state index in [0.29, 0.717) is 5.75 Å². The molecule has 2 nitrogen and oxygen atoms in total. The van der Waals surface area contributed by atoms with E-state index in [2.05, 4.69) is 4.99 Å². The Bertz CT molecular complexity index is 92.6. The molecule has 0 N–H and O–H groups in total. The number of nitrogens with zero attached hydrogens (tertiary/aromatic N) is 1. The molecule has 46 valence electrons. The normalized spacial score (nSPS) is 37.8. The molecule has 0 aromatic heterocycles. The van der Waals surface area contributed by atoms with E-state index < -0.39 is 11.2 Å². The van der Waals surface area contributed by atoms with Gasteiger partial charge in [0.2, 0.25) is 0 Å². The van der Waals surface area contributed by atoms with Crippen molar-refractivity contribution in [2.24, 2.45) is 4.99 Å². The molecule has 0 aromatic rings. The molecule has 0 radical (unpaired) electrons. The number of hydrogen-bond acceptors (Lipinski definition) is 2. The molecule has 8 heavy (non-hydrogen) atoms. The summed E-state index contributed by atoms with van der Waals surface area (Å²) in [6, 6.07) is 0. The summed E-state index contributed by atoms with van der Waals surface area (Å²) >= 11 is -0.634. The highest BCUT2D eigenvalue weighted by molar-refractivity contribution is 7.92. The lowest BCUT2D eigenvalue weighted by atomic mass is 10.5. The Kier molecular flexibility index (Phi) is 1.91. The monoisotopic (exact) mass is 131 g/mol. The summed E-state index contributed by atoms with van der Waals surface area (Å²) in [5, 5.41) is 0.278. The van der Waals surface area contributed by atoms with Crippen molar-refractivity contribution >= 4 is 17.4 Å². The molecule has 1 rings (SSSR count). The zero-order chi connectivity index (χ0) is 5.98. The number of hydrogen-bond donors (Lipinski definition) is 0. The first kappa shape index (κ1) is 6.11. The molecule has 0 fully saturated rings. The van der Waals surface area contributed by atoms with Crippen LogP contribution in [0.1, 0.15) is 6.92 Å². The van der Waals surface area contributed by atoms with Gasteiger partial charge in [0.15, 0.2) is 0 Å². The van der Waals surface area contributed by atoms with E-state index in [0.717, 1.165) is 6.54 Å². The van der Waals surface area contributed by atoms with Gasteiger partial charge in [-0.1, -0.05) is 0 Å². The predicted molar refractivity (Wildman–Crippen MR) is 35.8 cm³/mol. The van der Waals surface area contributed by atoms with Crippen molar-refractivity contribution in [1.82, 2.24) is 0 Å². The maximum atomic E-state index is 10.8. The SMILES string of the molecule is CC1CN=CC[S+]1[O-]. The summed E-state index contributed by atoms with van der Waals surface area (Å²) in [4.78, 5) is 3.99. The van der Waals surface area contributed by atoms with Crippen molar-refractivity contribution in [3.63, 3.8) is 0 Å². The average Bonchev–Trinajstić information content (AvgIpc) is 1.77. The summed E-state index contributed by atoms with van der Waals surface area (Å²) in [6.07, 6.45) is 1.75. The molecule has 0 aromatic carbocycles. The maximum Gasteiger partial charge on any atom is 0.140 e. The van der Waals surface area contributed by atoms with Gasteiger partial charge in [0.1, 0.15) is 11.0 Å².